The van der Waals surface area contributed by atoms with Crippen molar-refractivity contribution in [3.05, 3.63) is 35.6 Å². The Bertz CT molecular complexity index is 524. The fourth-order valence-electron chi connectivity index (χ4n) is 2.41. The maximum atomic E-state index is 13.0. The monoisotopic (exact) mass is 306 g/mol. The largest absolute Gasteiger partial charge is 0.352 e. The number of nitrogens with one attached hydrogen (secondary N) is 2. The van der Waals surface area contributed by atoms with Crippen LogP contribution in [0.1, 0.15) is 44.6 Å². The molecule has 1 atom stereocenters. The van der Waals surface area contributed by atoms with E-state index in [1.807, 2.05) is 13.8 Å². The van der Waals surface area contributed by atoms with E-state index in [0.717, 1.165) is 18.4 Å². The van der Waals surface area contributed by atoms with Gasteiger partial charge < -0.3 is 10.6 Å². The highest BCUT2D eigenvalue weighted by Gasteiger charge is 2.24. The number of hydrogen-bond donors (Lipinski definition) is 2. The Kier molecular flexibility index (Phi) is 5.52. The minimum atomic E-state index is -0.285. The van der Waals surface area contributed by atoms with Gasteiger partial charge in [-0.05, 0) is 42.4 Å². The Morgan fingerprint density at radius 3 is 2.36 bits per heavy atom. The first kappa shape index (κ1) is 16.5. The lowest BCUT2D eigenvalue weighted by Gasteiger charge is -2.21. The molecule has 0 aromatic heterocycles. The van der Waals surface area contributed by atoms with Gasteiger partial charge in [0, 0.05) is 12.5 Å². The number of amides is 2. The van der Waals surface area contributed by atoms with Gasteiger partial charge in [-0.15, -0.1) is 0 Å². The van der Waals surface area contributed by atoms with Crippen molar-refractivity contribution in [1.29, 1.82) is 0 Å². The van der Waals surface area contributed by atoms with Crippen LogP contribution in [0.2, 0.25) is 0 Å². The summed E-state index contributed by atoms with van der Waals surface area (Å²) in [6.07, 6.45) is 2.35. The van der Waals surface area contributed by atoms with Crippen molar-refractivity contribution in [2.45, 2.75) is 45.1 Å². The zero-order valence-corrected chi connectivity index (χ0v) is 13.1. The Balaban J connectivity index is 1.85. The summed E-state index contributed by atoms with van der Waals surface area (Å²) >= 11 is 0. The summed E-state index contributed by atoms with van der Waals surface area (Å²) in [7, 11) is 0. The average molecular weight is 306 g/mol. The summed E-state index contributed by atoms with van der Waals surface area (Å²) in [5.41, 5.74) is 0.939. The molecule has 120 valence electrons. The number of rotatable bonds is 7. The van der Waals surface area contributed by atoms with E-state index >= 15 is 0 Å². The summed E-state index contributed by atoms with van der Waals surface area (Å²) in [5, 5.41) is 5.48. The summed E-state index contributed by atoms with van der Waals surface area (Å²) in [6, 6.07) is 6.55. The molecule has 0 aliphatic heterocycles. The molecule has 2 rings (SSSR count). The zero-order valence-electron chi connectivity index (χ0n) is 13.1. The second kappa shape index (κ2) is 7.38. The standard InChI is InChI=1S/C17H23FN2O2/c1-11(2)15(12-3-5-13(18)6-4-12)9-16(21)19-10-17(22)20-14-7-8-14/h3-6,11,14-15H,7-10H2,1-2H3,(H,19,21)(H,20,22). The van der Waals surface area contributed by atoms with Crippen molar-refractivity contribution in [2.75, 3.05) is 6.54 Å². The normalized spacial score (nSPS) is 15.5. The van der Waals surface area contributed by atoms with E-state index in [0.29, 0.717) is 12.5 Å². The van der Waals surface area contributed by atoms with Crippen LogP contribution in [0.4, 0.5) is 4.39 Å². The highest BCUT2D eigenvalue weighted by Crippen LogP contribution is 2.28. The molecule has 1 aliphatic rings. The number of halogens is 1. The number of benzene rings is 1. The van der Waals surface area contributed by atoms with Crippen LogP contribution in [0.15, 0.2) is 24.3 Å². The van der Waals surface area contributed by atoms with Crippen LogP contribution in [-0.4, -0.2) is 24.4 Å². The minimum absolute atomic E-state index is 0.00657. The first-order valence-corrected chi connectivity index (χ1v) is 7.77. The van der Waals surface area contributed by atoms with Crippen LogP contribution >= 0.6 is 0 Å². The molecule has 4 nitrogen and oxygen atoms in total. The molecule has 1 fully saturated rings. The smallest absolute Gasteiger partial charge is 0.239 e. The quantitative estimate of drug-likeness (QED) is 0.812. The van der Waals surface area contributed by atoms with Gasteiger partial charge in [0.25, 0.3) is 0 Å². The SMILES string of the molecule is CC(C)C(CC(=O)NCC(=O)NC1CC1)c1ccc(F)cc1. The maximum absolute atomic E-state index is 13.0. The van der Waals surface area contributed by atoms with E-state index in [4.69, 9.17) is 0 Å². The van der Waals surface area contributed by atoms with Gasteiger partial charge >= 0.3 is 0 Å². The third kappa shape index (κ3) is 5.13. The molecule has 5 heteroatoms. The Hall–Kier alpha value is -1.91. The second-order valence-corrected chi connectivity index (χ2v) is 6.22. The molecular weight excluding hydrogens is 283 g/mol. The summed E-state index contributed by atoms with van der Waals surface area (Å²) in [5.74, 6) is -0.330. The lowest BCUT2D eigenvalue weighted by atomic mass is 9.85. The van der Waals surface area contributed by atoms with Gasteiger partial charge in [-0.25, -0.2) is 4.39 Å². The summed E-state index contributed by atoms with van der Waals surface area (Å²) < 4.78 is 13.0. The van der Waals surface area contributed by atoms with Crippen molar-refractivity contribution < 1.29 is 14.0 Å². The Morgan fingerprint density at radius 1 is 1.18 bits per heavy atom. The molecule has 0 spiro atoms. The Labute approximate surface area is 130 Å². The van der Waals surface area contributed by atoms with E-state index < -0.39 is 0 Å². The lowest BCUT2D eigenvalue weighted by Crippen LogP contribution is -2.38. The molecule has 22 heavy (non-hydrogen) atoms. The number of carbonyl (C=O) groups is 2. The molecule has 2 amide bonds. The maximum Gasteiger partial charge on any atom is 0.239 e. The highest BCUT2D eigenvalue weighted by atomic mass is 19.1. The fourth-order valence-corrected chi connectivity index (χ4v) is 2.41. The molecular formula is C17H23FN2O2. The van der Waals surface area contributed by atoms with E-state index in [1.165, 1.54) is 12.1 Å². The van der Waals surface area contributed by atoms with Crippen LogP contribution < -0.4 is 10.6 Å². The van der Waals surface area contributed by atoms with Crippen LogP contribution in [0, 0.1) is 11.7 Å². The van der Waals surface area contributed by atoms with Gasteiger partial charge in [-0.1, -0.05) is 26.0 Å². The predicted octanol–water partition coefficient (Wildman–Crippen LogP) is 2.35. The van der Waals surface area contributed by atoms with E-state index in [2.05, 4.69) is 10.6 Å². The van der Waals surface area contributed by atoms with E-state index in [1.54, 1.807) is 12.1 Å². The average Bonchev–Trinajstić information content (AvgIpc) is 3.27. The van der Waals surface area contributed by atoms with Gasteiger partial charge in [0.1, 0.15) is 5.82 Å². The molecule has 0 heterocycles. The fraction of sp³-hybridized carbons (Fsp3) is 0.529. The van der Waals surface area contributed by atoms with Crippen LogP contribution in [0.25, 0.3) is 0 Å². The molecule has 0 bridgehead atoms. The molecule has 0 radical (unpaired) electrons. The van der Waals surface area contributed by atoms with Gasteiger partial charge in [-0.3, -0.25) is 9.59 Å². The van der Waals surface area contributed by atoms with Crippen LogP contribution in [0.5, 0.6) is 0 Å². The van der Waals surface area contributed by atoms with E-state index in [9.17, 15) is 14.0 Å². The van der Waals surface area contributed by atoms with Crippen molar-refractivity contribution >= 4 is 11.8 Å². The summed E-state index contributed by atoms with van der Waals surface area (Å²) in [4.78, 5) is 23.6. The van der Waals surface area contributed by atoms with Crippen molar-refractivity contribution in [1.82, 2.24) is 10.6 Å². The van der Waals surface area contributed by atoms with Crippen LogP contribution in [0.3, 0.4) is 0 Å². The van der Waals surface area contributed by atoms with Crippen molar-refractivity contribution in [3.63, 3.8) is 0 Å². The molecule has 1 saturated carbocycles. The topological polar surface area (TPSA) is 58.2 Å². The molecule has 1 aromatic carbocycles. The predicted molar refractivity (Wildman–Crippen MR) is 82.8 cm³/mol. The van der Waals surface area contributed by atoms with Gasteiger partial charge in [0.15, 0.2) is 0 Å². The molecule has 1 aromatic rings. The number of hydrogen-bond acceptors (Lipinski definition) is 2. The number of carbonyl (C=O) groups excluding carboxylic acids is 2. The van der Waals surface area contributed by atoms with Crippen molar-refractivity contribution in [3.8, 4) is 0 Å². The zero-order chi connectivity index (χ0) is 16.1. The molecule has 1 unspecified atom stereocenters. The minimum Gasteiger partial charge on any atom is -0.352 e. The lowest BCUT2D eigenvalue weighted by molar-refractivity contribution is -0.126. The van der Waals surface area contributed by atoms with Gasteiger partial charge in [0.05, 0.1) is 6.54 Å². The van der Waals surface area contributed by atoms with Crippen molar-refractivity contribution in [2.24, 2.45) is 5.92 Å². The molecule has 0 saturated heterocycles. The Morgan fingerprint density at radius 2 is 1.82 bits per heavy atom. The van der Waals surface area contributed by atoms with Gasteiger partial charge in [-0.2, -0.15) is 0 Å². The summed E-state index contributed by atoms with van der Waals surface area (Å²) in [6.45, 7) is 4.08. The second-order valence-electron chi connectivity index (χ2n) is 6.22. The van der Waals surface area contributed by atoms with Crippen LogP contribution in [-0.2, 0) is 9.59 Å². The highest BCUT2D eigenvalue weighted by molar-refractivity contribution is 5.85. The molecule has 1 aliphatic carbocycles. The van der Waals surface area contributed by atoms with Gasteiger partial charge in [0.2, 0.25) is 11.8 Å². The molecule has 2 N–H and O–H groups in total. The van der Waals surface area contributed by atoms with E-state index in [-0.39, 0.29) is 36.0 Å². The third-order valence-electron chi connectivity index (χ3n) is 3.90. The first-order valence-electron chi connectivity index (χ1n) is 7.77. The first-order chi connectivity index (χ1) is 10.5. The third-order valence-corrected chi connectivity index (χ3v) is 3.90.